The third kappa shape index (κ3) is 15.6. The third-order valence-electron chi connectivity index (χ3n) is 13.7. The molecule has 0 fully saturated rings. The van der Waals surface area contributed by atoms with Crippen molar-refractivity contribution in [1.29, 1.82) is 0 Å². The van der Waals surface area contributed by atoms with Gasteiger partial charge in [-0.1, -0.05) is 102 Å². The van der Waals surface area contributed by atoms with Crippen LogP contribution in [0.15, 0.2) is 22.6 Å². The number of carbonyl (C=O) groups excluding carboxylic acids is 1. The molecule has 0 saturated heterocycles. The first-order valence-corrected chi connectivity index (χ1v) is 31.2. The molecule has 1 heterocycles. The van der Waals surface area contributed by atoms with Gasteiger partial charge in [-0.05, 0) is 125 Å². The van der Waals surface area contributed by atoms with Crippen molar-refractivity contribution in [3.63, 3.8) is 0 Å². The average Bonchev–Trinajstić information content (AvgIpc) is 3.44. The van der Waals surface area contributed by atoms with Gasteiger partial charge in [-0.15, -0.1) is 11.3 Å². The van der Waals surface area contributed by atoms with Crippen LogP contribution in [0.2, 0.25) is 54.4 Å². The Hall–Kier alpha value is -1.22. The maximum Gasteiger partial charge on any atom is 0.305 e. The van der Waals surface area contributed by atoms with E-state index in [1.807, 2.05) is 20.8 Å². The van der Waals surface area contributed by atoms with E-state index in [0.717, 1.165) is 36.4 Å². The fourth-order valence-corrected chi connectivity index (χ4v) is 11.2. The summed E-state index contributed by atoms with van der Waals surface area (Å²) in [5, 5.41) is 13.1. The van der Waals surface area contributed by atoms with Crippen molar-refractivity contribution in [2.24, 2.45) is 17.3 Å². The van der Waals surface area contributed by atoms with E-state index in [1.165, 1.54) is 11.1 Å². The molecule has 11 heteroatoms. The van der Waals surface area contributed by atoms with Gasteiger partial charge in [0, 0.05) is 16.7 Å². The van der Waals surface area contributed by atoms with E-state index in [2.05, 4.69) is 147 Å². The summed E-state index contributed by atoms with van der Waals surface area (Å²) < 4.78 is 21.1. The molecule has 0 amide bonds. The number of carboxylic acid groups (broad SMARTS) is 1. The molecule has 330 valence electrons. The highest BCUT2D eigenvalue weighted by molar-refractivity contribution is 7.09. The lowest BCUT2D eigenvalue weighted by molar-refractivity contribution is -0.147. The van der Waals surface area contributed by atoms with Crippen LogP contribution in [0.3, 0.4) is 0 Å². The minimum Gasteiger partial charge on any atom is -0.481 e. The molecule has 5 atom stereocenters. The standard InChI is InChI=1S/C46H87NO6SSi3/c1-23-37(42(50)46(15,16)39(30-40(48)49)52-56(19,20)44(9,10)11)41(53-57(21,22)45(12,13)14)33(3)26-24-25-32(2)27-28-38(51-55(17,18)43(6,7)8)34(4)29-36-31-54-35(5)47-36/h27,29,31,33,37-39,41H,23-26,28,30H2,1-22H3,(H,48,49)/t33-,37+,38-,39-,41-/m0/s1. The van der Waals surface area contributed by atoms with Gasteiger partial charge in [0.25, 0.3) is 0 Å². The van der Waals surface area contributed by atoms with E-state index in [-0.39, 0.29) is 51.4 Å². The summed E-state index contributed by atoms with van der Waals surface area (Å²) in [5.74, 6) is -1.16. The average molecular weight is 867 g/mol. The Morgan fingerprint density at radius 1 is 0.842 bits per heavy atom. The lowest BCUT2D eigenvalue weighted by Gasteiger charge is -2.47. The maximum atomic E-state index is 15.0. The monoisotopic (exact) mass is 866 g/mol. The lowest BCUT2D eigenvalue weighted by Crippen LogP contribution is -2.54. The van der Waals surface area contributed by atoms with E-state index in [1.54, 1.807) is 11.3 Å². The predicted molar refractivity (Wildman–Crippen MR) is 253 cm³/mol. The van der Waals surface area contributed by atoms with E-state index < -0.39 is 42.4 Å². The van der Waals surface area contributed by atoms with Gasteiger partial charge in [-0.25, -0.2) is 4.98 Å². The zero-order valence-electron chi connectivity index (χ0n) is 40.7. The summed E-state index contributed by atoms with van der Waals surface area (Å²) in [7, 11) is -6.72. The first-order chi connectivity index (χ1) is 25.5. The van der Waals surface area contributed by atoms with Gasteiger partial charge in [0.05, 0.1) is 35.4 Å². The van der Waals surface area contributed by atoms with Crippen LogP contribution in [0, 0.1) is 24.2 Å². The molecule has 7 nitrogen and oxygen atoms in total. The number of allylic oxidation sites excluding steroid dienone is 1. The number of nitrogens with zero attached hydrogens (tertiary/aromatic N) is 1. The highest BCUT2D eigenvalue weighted by Crippen LogP contribution is 2.45. The van der Waals surface area contributed by atoms with Crippen molar-refractivity contribution >= 4 is 54.1 Å². The summed E-state index contributed by atoms with van der Waals surface area (Å²) >= 11 is 1.67. The summed E-state index contributed by atoms with van der Waals surface area (Å²) in [5.41, 5.74) is 2.52. The van der Waals surface area contributed by atoms with Gasteiger partial charge >= 0.3 is 5.97 Å². The molecule has 0 aliphatic rings. The Balaban J connectivity index is 3.44. The molecule has 0 aliphatic heterocycles. The molecule has 0 radical (unpaired) electrons. The maximum absolute atomic E-state index is 15.0. The van der Waals surface area contributed by atoms with Crippen molar-refractivity contribution < 1.29 is 28.0 Å². The van der Waals surface area contributed by atoms with Gasteiger partial charge in [-0.2, -0.15) is 0 Å². The number of hydrogen-bond donors (Lipinski definition) is 1. The number of carboxylic acids is 1. The van der Waals surface area contributed by atoms with E-state index in [9.17, 15) is 14.7 Å². The number of rotatable bonds is 22. The smallest absolute Gasteiger partial charge is 0.305 e. The van der Waals surface area contributed by atoms with Crippen molar-refractivity contribution in [3.8, 4) is 0 Å². The molecular weight excluding hydrogens is 779 g/mol. The second-order valence-electron chi connectivity index (χ2n) is 22.1. The fourth-order valence-electron chi connectivity index (χ4n) is 6.36. The molecule has 0 bridgehead atoms. The topological polar surface area (TPSA) is 95.0 Å². The number of hydrogen-bond acceptors (Lipinski definition) is 7. The summed E-state index contributed by atoms with van der Waals surface area (Å²) in [4.78, 5) is 31.9. The third-order valence-corrected chi connectivity index (χ3v) is 27.9. The zero-order chi connectivity index (χ0) is 44.8. The Morgan fingerprint density at radius 3 is 1.77 bits per heavy atom. The molecule has 0 spiro atoms. The molecule has 1 N–H and O–H groups in total. The first-order valence-electron chi connectivity index (χ1n) is 21.6. The van der Waals surface area contributed by atoms with Gasteiger partial charge in [-0.3, -0.25) is 9.59 Å². The first kappa shape index (κ1) is 53.8. The van der Waals surface area contributed by atoms with Crippen molar-refractivity contribution in [1.82, 2.24) is 4.98 Å². The minimum absolute atomic E-state index is 0.0191. The quantitative estimate of drug-likeness (QED) is 0.0916. The van der Waals surface area contributed by atoms with Crippen LogP contribution in [-0.4, -0.2) is 65.1 Å². The van der Waals surface area contributed by atoms with Crippen LogP contribution >= 0.6 is 11.3 Å². The van der Waals surface area contributed by atoms with E-state index in [0.29, 0.717) is 6.42 Å². The van der Waals surface area contributed by atoms with Crippen molar-refractivity contribution in [2.45, 2.75) is 222 Å². The molecule has 1 aromatic rings. The molecule has 1 rings (SSSR count). The van der Waals surface area contributed by atoms with Crippen LogP contribution in [0.5, 0.6) is 0 Å². The zero-order valence-corrected chi connectivity index (χ0v) is 44.5. The summed E-state index contributed by atoms with van der Waals surface area (Å²) in [6, 6.07) is 0. The molecule has 0 aromatic carbocycles. The molecule has 0 aliphatic carbocycles. The van der Waals surface area contributed by atoms with Crippen LogP contribution < -0.4 is 0 Å². The molecular formula is C46H87NO6SSi3. The largest absolute Gasteiger partial charge is 0.481 e. The number of thiazole rings is 1. The van der Waals surface area contributed by atoms with Gasteiger partial charge in [0.15, 0.2) is 25.0 Å². The number of aliphatic carboxylic acids is 1. The van der Waals surface area contributed by atoms with Gasteiger partial charge < -0.3 is 18.4 Å². The number of aryl methyl sites for hydroxylation is 1. The highest BCUT2D eigenvalue weighted by atomic mass is 32.1. The minimum atomic E-state index is -2.39. The molecule has 0 saturated carbocycles. The highest BCUT2D eigenvalue weighted by Gasteiger charge is 2.50. The second kappa shape index (κ2) is 20.6. The second-order valence-corrected chi connectivity index (χ2v) is 37.4. The van der Waals surface area contributed by atoms with Crippen molar-refractivity contribution in [3.05, 3.63) is 33.3 Å². The number of carbonyl (C=O) groups is 2. The van der Waals surface area contributed by atoms with Crippen LogP contribution in [-0.2, 0) is 22.9 Å². The molecule has 0 unspecified atom stereocenters. The Morgan fingerprint density at radius 2 is 1.33 bits per heavy atom. The normalized spacial score (nSPS) is 17.3. The Kier molecular flexibility index (Phi) is 19.4. The van der Waals surface area contributed by atoms with Crippen molar-refractivity contribution in [2.75, 3.05) is 0 Å². The van der Waals surface area contributed by atoms with E-state index in [4.69, 9.17) is 18.3 Å². The van der Waals surface area contributed by atoms with Crippen LogP contribution in [0.1, 0.15) is 153 Å². The lowest BCUT2D eigenvalue weighted by atomic mass is 9.71. The Labute approximate surface area is 358 Å². The Bertz CT molecular complexity index is 1520. The van der Waals surface area contributed by atoms with E-state index >= 15 is 0 Å². The van der Waals surface area contributed by atoms with Gasteiger partial charge in [0.1, 0.15) is 5.78 Å². The summed E-state index contributed by atoms with van der Waals surface area (Å²) in [6.45, 7) is 48.1. The SMILES string of the molecule is CC[C@@H](C(=O)C(C)(C)[C@H](CC(=O)O)O[Si](C)(C)C(C)(C)C)[C@@H](O[Si](C)(C)C(C)(C)C)[C@@H](C)CCCC(C)=CC[C@H](O[Si](C)(C)C(C)(C)C)C(C)=Cc1csc(C)n1. The molecule has 57 heavy (non-hydrogen) atoms. The predicted octanol–water partition coefficient (Wildman–Crippen LogP) is 14.3. The fraction of sp³-hybridized carbons (Fsp3) is 0.804. The van der Waals surface area contributed by atoms with Gasteiger partial charge in [0.2, 0.25) is 0 Å². The molecule has 1 aromatic heterocycles. The van der Waals surface area contributed by atoms with Crippen LogP contribution in [0.25, 0.3) is 6.08 Å². The number of ketones is 1. The summed E-state index contributed by atoms with van der Waals surface area (Å²) in [6.07, 6.45) is 7.58. The number of Topliss-reactive ketones (excluding diaryl/α,β-unsaturated/α-hetero) is 1. The van der Waals surface area contributed by atoms with Crippen LogP contribution in [0.4, 0.5) is 0 Å². The number of aromatic nitrogens is 1.